The molecule has 6 heteroatoms. The second-order valence-electron chi connectivity index (χ2n) is 3.12. The van der Waals surface area contributed by atoms with Crippen molar-refractivity contribution < 1.29 is 18.6 Å². The fourth-order valence-corrected chi connectivity index (χ4v) is 1.73. The first kappa shape index (κ1) is 12.4. The Morgan fingerprint density at radius 2 is 1.93 bits per heavy atom. The van der Waals surface area contributed by atoms with Gasteiger partial charge in [0.25, 0.3) is 0 Å². The molecule has 0 saturated heterocycles. The maximum Gasteiger partial charge on any atom is 0.489 e. The van der Waals surface area contributed by atoms with E-state index in [0.29, 0.717) is 0 Å². The van der Waals surface area contributed by atoms with E-state index in [9.17, 15) is 9.46 Å². The fraction of sp³-hybridized carbons (Fsp3) is 0.333. The van der Waals surface area contributed by atoms with E-state index in [2.05, 4.69) is 4.62 Å². The standard InChI is InChI=1S/C9H14NO4P/c1-10(2)14-15(11,12)13-8-9-6-4-3-5-7-9/h3-7H,8H2,1-2H3,(H,11,12). The third-order valence-corrected chi connectivity index (χ3v) is 2.49. The summed E-state index contributed by atoms with van der Waals surface area (Å²) in [4.78, 5) is 9.22. The second-order valence-corrected chi connectivity index (χ2v) is 4.48. The van der Waals surface area contributed by atoms with Gasteiger partial charge >= 0.3 is 7.82 Å². The number of phosphoric ester groups is 1. The molecule has 0 saturated carbocycles. The van der Waals surface area contributed by atoms with Crippen molar-refractivity contribution in [3.63, 3.8) is 0 Å². The maximum atomic E-state index is 11.3. The monoisotopic (exact) mass is 231 g/mol. The molecule has 0 bridgehead atoms. The fourth-order valence-electron chi connectivity index (χ4n) is 0.960. The van der Waals surface area contributed by atoms with Crippen molar-refractivity contribution in [2.45, 2.75) is 6.61 Å². The predicted octanol–water partition coefficient (Wildman–Crippen LogP) is 1.80. The Morgan fingerprint density at radius 3 is 2.47 bits per heavy atom. The van der Waals surface area contributed by atoms with Crippen LogP contribution in [0.4, 0.5) is 0 Å². The highest BCUT2D eigenvalue weighted by Crippen LogP contribution is 2.44. The van der Waals surface area contributed by atoms with Crippen molar-refractivity contribution in [1.82, 2.24) is 5.06 Å². The third kappa shape index (κ3) is 5.06. The molecule has 0 aliphatic rings. The lowest BCUT2D eigenvalue weighted by Gasteiger charge is -2.15. The topological polar surface area (TPSA) is 59.0 Å². The van der Waals surface area contributed by atoms with Crippen LogP contribution in [0, 0.1) is 0 Å². The number of hydrogen-bond acceptors (Lipinski definition) is 4. The molecule has 0 aromatic heterocycles. The van der Waals surface area contributed by atoms with Crippen molar-refractivity contribution in [1.29, 1.82) is 0 Å². The molecule has 15 heavy (non-hydrogen) atoms. The van der Waals surface area contributed by atoms with E-state index in [1.165, 1.54) is 14.1 Å². The van der Waals surface area contributed by atoms with Crippen LogP contribution in [-0.4, -0.2) is 24.1 Å². The maximum absolute atomic E-state index is 11.3. The minimum Gasteiger partial charge on any atom is -0.301 e. The molecule has 0 heterocycles. The van der Waals surface area contributed by atoms with Gasteiger partial charge in [0.05, 0.1) is 6.61 Å². The van der Waals surface area contributed by atoms with Crippen molar-refractivity contribution in [2.75, 3.05) is 14.1 Å². The molecule has 84 valence electrons. The van der Waals surface area contributed by atoms with Gasteiger partial charge in [-0.2, -0.15) is 9.69 Å². The summed E-state index contributed by atoms with van der Waals surface area (Å²) in [5, 5.41) is 1.13. The number of nitrogens with zero attached hydrogens (tertiary/aromatic N) is 1. The average molecular weight is 231 g/mol. The van der Waals surface area contributed by atoms with E-state index in [-0.39, 0.29) is 6.61 Å². The zero-order valence-corrected chi connectivity index (χ0v) is 9.55. The van der Waals surface area contributed by atoms with Crippen LogP contribution in [-0.2, 0) is 20.3 Å². The van der Waals surface area contributed by atoms with Crippen molar-refractivity contribution in [2.24, 2.45) is 0 Å². The van der Waals surface area contributed by atoms with Gasteiger partial charge < -0.3 is 4.89 Å². The van der Waals surface area contributed by atoms with Crippen LogP contribution in [0.3, 0.4) is 0 Å². The Hall–Kier alpha value is -0.710. The molecular formula is C9H14NO4P. The molecule has 1 aromatic rings. The summed E-state index contributed by atoms with van der Waals surface area (Å²) in [6, 6.07) is 9.12. The first-order chi connectivity index (χ1) is 6.99. The van der Waals surface area contributed by atoms with Crippen LogP contribution < -0.4 is 0 Å². The first-order valence-electron chi connectivity index (χ1n) is 4.38. The normalized spacial score (nSPS) is 15.2. The first-order valence-corrected chi connectivity index (χ1v) is 5.87. The van der Waals surface area contributed by atoms with Gasteiger partial charge in [-0.15, -0.1) is 0 Å². The van der Waals surface area contributed by atoms with Gasteiger partial charge in [-0.25, -0.2) is 4.57 Å². The zero-order chi connectivity index (χ0) is 11.3. The minimum absolute atomic E-state index is 0.0441. The van der Waals surface area contributed by atoms with Crippen molar-refractivity contribution in [3.05, 3.63) is 35.9 Å². The number of phosphoric acid groups is 1. The van der Waals surface area contributed by atoms with Crippen molar-refractivity contribution in [3.8, 4) is 0 Å². The van der Waals surface area contributed by atoms with Gasteiger partial charge in [0.15, 0.2) is 0 Å². The molecular weight excluding hydrogens is 217 g/mol. The van der Waals surface area contributed by atoms with Crippen LogP contribution in [0.2, 0.25) is 0 Å². The molecule has 0 fully saturated rings. The largest absolute Gasteiger partial charge is 0.489 e. The molecule has 1 N–H and O–H groups in total. The summed E-state index contributed by atoms with van der Waals surface area (Å²) in [5.74, 6) is 0. The summed E-state index contributed by atoms with van der Waals surface area (Å²) in [6.45, 7) is 0.0441. The molecule has 0 aliphatic carbocycles. The van der Waals surface area contributed by atoms with Gasteiger partial charge in [0.1, 0.15) is 0 Å². The highest BCUT2D eigenvalue weighted by molar-refractivity contribution is 7.47. The SMILES string of the molecule is CN(C)OP(=O)(O)OCc1ccccc1. The van der Waals surface area contributed by atoms with Gasteiger partial charge in [0.2, 0.25) is 0 Å². The summed E-state index contributed by atoms with van der Waals surface area (Å²) in [7, 11) is -0.971. The molecule has 0 amide bonds. The van der Waals surface area contributed by atoms with E-state index in [4.69, 9.17) is 4.52 Å². The Labute approximate surface area is 88.8 Å². The summed E-state index contributed by atoms with van der Waals surface area (Å²) >= 11 is 0. The number of hydrogen-bond donors (Lipinski definition) is 1. The Kier molecular flexibility index (Phi) is 4.45. The molecule has 1 rings (SSSR count). The van der Waals surface area contributed by atoms with Crippen LogP contribution in [0.15, 0.2) is 30.3 Å². The van der Waals surface area contributed by atoms with E-state index in [1.807, 2.05) is 18.2 Å². The predicted molar refractivity (Wildman–Crippen MR) is 55.8 cm³/mol. The quantitative estimate of drug-likeness (QED) is 0.618. The smallest absolute Gasteiger partial charge is 0.301 e. The lowest BCUT2D eigenvalue weighted by atomic mass is 10.2. The Balaban J connectivity index is 2.46. The van der Waals surface area contributed by atoms with E-state index in [0.717, 1.165) is 10.6 Å². The van der Waals surface area contributed by atoms with Crippen LogP contribution in [0.1, 0.15) is 5.56 Å². The molecule has 0 spiro atoms. The zero-order valence-electron chi connectivity index (χ0n) is 8.66. The molecule has 1 aromatic carbocycles. The van der Waals surface area contributed by atoms with E-state index >= 15 is 0 Å². The Bertz CT molecular complexity index is 341. The highest BCUT2D eigenvalue weighted by atomic mass is 31.2. The van der Waals surface area contributed by atoms with E-state index < -0.39 is 7.82 Å². The van der Waals surface area contributed by atoms with Crippen molar-refractivity contribution >= 4 is 7.82 Å². The number of hydroxylamine groups is 2. The van der Waals surface area contributed by atoms with Gasteiger partial charge in [0, 0.05) is 14.1 Å². The molecule has 0 aliphatic heterocycles. The number of rotatable bonds is 5. The minimum atomic E-state index is -3.99. The van der Waals surface area contributed by atoms with E-state index in [1.54, 1.807) is 12.1 Å². The van der Waals surface area contributed by atoms with Crippen LogP contribution >= 0.6 is 7.82 Å². The lowest BCUT2D eigenvalue weighted by Crippen LogP contribution is -2.11. The number of benzene rings is 1. The average Bonchev–Trinajstić information content (AvgIpc) is 2.15. The summed E-state index contributed by atoms with van der Waals surface area (Å²) in [5.41, 5.74) is 0.814. The summed E-state index contributed by atoms with van der Waals surface area (Å²) < 4.78 is 20.6. The van der Waals surface area contributed by atoms with Crippen LogP contribution in [0.5, 0.6) is 0 Å². The second kappa shape index (κ2) is 5.39. The lowest BCUT2D eigenvalue weighted by molar-refractivity contribution is -0.0431. The molecule has 5 nitrogen and oxygen atoms in total. The van der Waals surface area contributed by atoms with Gasteiger partial charge in [-0.3, -0.25) is 4.52 Å². The molecule has 0 radical (unpaired) electrons. The summed E-state index contributed by atoms with van der Waals surface area (Å²) in [6.07, 6.45) is 0. The molecule has 1 unspecified atom stereocenters. The molecule has 1 atom stereocenters. The third-order valence-electron chi connectivity index (χ3n) is 1.50. The van der Waals surface area contributed by atoms with Gasteiger partial charge in [-0.1, -0.05) is 30.3 Å². The van der Waals surface area contributed by atoms with Crippen LogP contribution in [0.25, 0.3) is 0 Å². The van der Waals surface area contributed by atoms with Gasteiger partial charge in [-0.05, 0) is 5.56 Å². The highest BCUT2D eigenvalue weighted by Gasteiger charge is 2.22. The Morgan fingerprint density at radius 1 is 1.33 bits per heavy atom.